The van der Waals surface area contributed by atoms with Crippen LogP contribution in [0.4, 0.5) is 0 Å². The number of aromatic nitrogens is 2. The molecule has 1 aromatic carbocycles. The van der Waals surface area contributed by atoms with Gasteiger partial charge in [0.15, 0.2) is 11.4 Å². The molecule has 20 heavy (non-hydrogen) atoms. The van der Waals surface area contributed by atoms with Gasteiger partial charge >= 0.3 is 0 Å². The monoisotopic (exact) mass is 263 g/mol. The van der Waals surface area contributed by atoms with E-state index in [0.717, 1.165) is 11.1 Å². The summed E-state index contributed by atoms with van der Waals surface area (Å²) in [6.45, 7) is 0. The maximum Gasteiger partial charge on any atom is 0.270 e. The van der Waals surface area contributed by atoms with Crippen LogP contribution in [0.5, 0.6) is 0 Å². The van der Waals surface area contributed by atoms with Crippen molar-refractivity contribution in [2.75, 3.05) is 7.05 Å². The number of nitrogens with two attached hydrogens (primary N) is 1. The first-order chi connectivity index (χ1) is 9.67. The molecule has 1 aromatic heterocycles. The summed E-state index contributed by atoms with van der Waals surface area (Å²) in [4.78, 5) is 24.0. The van der Waals surface area contributed by atoms with Crippen molar-refractivity contribution in [3.63, 3.8) is 0 Å². The summed E-state index contributed by atoms with van der Waals surface area (Å²) >= 11 is 0. The molecule has 1 amide bonds. The van der Waals surface area contributed by atoms with E-state index in [9.17, 15) is 4.79 Å². The Labute approximate surface area is 114 Å². The minimum Gasteiger partial charge on any atom is -0.364 e. The minimum atomic E-state index is -0.767. The quantitative estimate of drug-likeness (QED) is 0.703. The number of benzene rings is 1. The Balaban J connectivity index is 2.39. The van der Waals surface area contributed by atoms with Crippen molar-refractivity contribution in [2.24, 2.45) is 10.7 Å². The van der Waals surface area contributed by atoms with E-state index >= 15 is 0 Å². The maximum absolute atomic E-state index is 11.4. The van der Waals surface area contributed by atoms with Gasteiger partial charge in [0, 0.05) is 18.2 Å². The first kappa shape index (κ1) is 12.0. The van der Waals surface area contributed by atoms with Crippen LogP contribution in [0.2, 0.25) is 0 Å². The highest BCUT2D eigenvalue weighted by Crippen LogP contribution is 2.34. The number of hydrogen-bond donors (Lipinski definition) is 1. The number of rotatable bonds is 1. The van der Waals surface area contributed by atoms with Crippen LogP contribution in [0.3, 0.4) is 0 Å². The van der Waals surface area contributed by atoms with Crippen LogP contribution in [0.25, 0.3) is 11.3 Å². The van der Waals surface area contributed by atoms with E-state index < -0.39 is 5.91 Å². The molecular weight excluding hydrogens is 254 g/mol. The summed E-state index contributed by atoms with van der Waals surface area (Å²) in [5.41, 5.74) is 8.49. The van der Waals surface area contributed by atoms with Crippen LogP contribution >= 0.6 is 0 Å². The summed E-state index contributed by atoms with van der Waals surface area (Å²) in [6, 6.07) is 9.37. The number of aliphatic imine (C=N–C) groups is 1. The van der Waals surface area contributed by atoms with E-state index in [1.807, 2.05) is 30.3 Å². The number of primary amides is 1. The molecule has 0 spiro atoms. The van der Waals surface area contributed by atoms with Crippen LogP contribution in [-0.2, 0) is 0 Å². The topological polar surface area (TPSA) is 105 Å². The molecule has 0 saturated heterocycles. The van der Waals surface area contributed by atoms with Gasteiger partial charge in [0.05, 0.1) is 11.4 Å². The molecule has 1 heterocycles. The highest BCUT2D eigenvalue weighted by atomic mass is 16.1. The fourth-order valence-corrected chi connectivity index (χ4v) is 2.29. The van der Waals surface area contributed by atoms with Gasteiger partial charge in [0.1, 0.15) is 11.8 Å². The fourth-order valence-electron chi connectivity index (χ4n) is 2.29. The van der Waals surface area contributed by atoms with E-state index in [-0.39, 0.29) is 11.4 Å². The minimum absolute atomic E-state index is 0.0785. The Morgan fingerprint density at radius 3 is 2.55 bits per heavy atom. The lowest BCUT2D eigenvalue weighted by molar-refractivity contribution is 0.0995. The number of carbonyl (C=O) groups excluding carboxylic acids is 1. The van der Waals surface area contributed by atoms with Crippen molar-refractivity contribution in [3.05, 3.63) is 46.9 Å². The summed E-state index contributed by atoms with van der Waals surface area (Å²) in [7, 11) is 1.65. The van der Waals surface area contributed by atoms with Gasteiger partial charge < -0.3 is 5.73 Å². The molecule has 6 heteroatoms. The number of hydrogen-bond acceptors (Lipinski definition) is 5. The third-order valence-electron chi connectivity index (χ3n) is 3.12. The summed E-state index contributed by atoms with van der Waals surface area (Å²) in [6.07, 6.45) is 0. The Kier molecular flexibility index (Phi) is 2.54. The third kappa shape index (κ3) is 1.50. The molecule has 0 radical (unpaired) electrons. The van der Waals surface area contributed by atoms with Crippen molar-refractivity contribution < 1.29 is 4.79 Å². The Bertz CT molecular complexity index is 817. The Morgan fingerprint density at radius 2 is 1.95 bits per heavy atom. The number of amides is 1. The molecular formula is C14H9N5O. The first-order valence-electron chi connectivity index (χ1n) is 5.86. The van der Waals surface area contributed by atoms with Gasteiger partial charge in [-0.3, -0.25) is 9.79 Å². The fraction of sp³-hybridized carbons (Fsp3) is 0.0714. The molecule has 0 fully saturated rings. The molecule has 1 aliphatic rings. The number of carbonyl (C=O) groups is 1. The van der Waals surface area contributed by atoms with Gasteiger partial charge in [-0.05, 0) is 0 Å². The number of fused-ring (bicyclic) bond motifs is 3. The molecule has 96 valence electrons. The highest BCUT2D eigenvalue weighted by Gasteiger charge is 2.29. The average Bonchev–Trinajstić information content (AvgIpc) is 2.78. The molecule has 0 saturated carbocycles. The van der Waals surface area contributed by atoms with Crippen LogP contribution < -0.4 is 5.73 Å². The molecule has 0 bridgehead atoms. The standard InChI is InChI=1S/C14H9N5O/c1-17-10-7-4-2-3-5-8(7)11-13(10)18-9(6-15)12(19-11)14(16)20/h2-5H,1H3,(H2,16,20). The summed E-state index contributed by atoms with van der Waals surface area (Å²) < 4.78 is 0. The van der Waals surface area contributed by atoms with Crippen molar-refractivity contribution in [3.8, 4) is 17.3 Å². The normalized spacial score (nSPS) is 13.7. The lowest BCUT2D eigenvalue weighted by Gasteiger charge is -2.03. The third-order valence-corrected chi connectivity index (χ3v) is 3.12. The van der Waals surface area contributed by atoms with Gasteiger partial charge in [-0.1, -0.05) is 24.3 Å². The molecule has 1 aliphatic carbocycles. The molecule has 0 aliphatic heterocycles. The van der Waals surface area contributed by atoms with Crippen LogP contribution in [-0.4, -0.2) is 28.6 Å². The van der Waals surface area contributed by atoms with E-state index in [1.165, 1.54) is 0 Å². The smallest absolute Gasteiger partial charge is 0.270 e. The number of nitriles is 1. The van der Waals surface area contributed by atoms with Crippen LogP contribution in [0.15, 0.2) is 29.3 Å². The van der Waals surface area contributed by atoms with Gasteiger partial charge in [-0.25, -0.2) is 9.97 Å². The summed E-state index contributed by atoms with van der Waals surface area (Å²) in [5.74, 6) is -0.767. The average molecular weight is 263 g/mol. The van der Waals surface area contributed by atoms with Gasteiger partial charge in [0.2, 0.25) is 0 Å². The second kappa shape index (κ2) is 4.24. The number of nitrogens with zero attached hydrogens (tertiary/aromatic N) is 4. The molecule has 3 rings (SSSR count). The van der Waals surface area contributed by atoms with Gasteiger partial charge in [-0.2, -0.15) is 5.26 Å². The molecule has 6 nitrogen and oxygen atoms in total. The SMILES string of the molecule is CN=C1c2ccccc2-c2nc(C(N)=O)c(C#N)nc21. The Morgan fingerprint density at radius 1 is 1.25 bits per heavy atom. The molecule has 2 aromatic rings. The van der Waals surface area contributed by atoms with E-state index in [0.29, 0.717) is 17.1 Å². The Hall–Kier alpha value is -3.07. The van der Waals surface area contributed by atoms with Crippen LogP contribution in [0.1, 0.15) is 27.4 Å². The lowest BCUT2D eigenvalue weighted by atomic mass is 10.1. The largest absolute Gasteiger partial charge is 0.364 e. The second-order valence-electron chi connectivity index (χ2n) is 4.21. The lowest BCUT2D eigenvalue weighted by Crippen LogP contribution is -2.18. The predicted octanol–water partition coefficient (Wildman–Crippen LogP) is 0.895. The van der Waals surface area contributed by atoms with Crippen molar-refractivity contribution in [2.45, 2.75) is 0 Å². The van der Waals surface area contributed by atoms with Crippen molar-refractivity contribution in [1.29, 1.82) is 5.26 Å². The highest BCUT2D eigenvalue weighted by molar-refractivity contribution is 6.23. The molecule has 0 atom stereocenters. The molecule has 2 N–H and O–H groups in total. The second-order valence-corrected chi connectivity index (χ2v) is 4.21. The van der Waals surface area contributed by atoms with E-state index in [1.54, 1.807) is 7.05 Å². The zero-order valence-electron chi connectivity index (χ0n) is 10.6. The van der Waals surface area contributed by atoms with E-state index in [4.69, 9.17) is 11.0 Å². The van der Waals surface area contributed by atoms with Crippen LogP contribution in [0, 0.1) is 11.3 Å². The van der Waals surface area contributed by atoms with E-state index in [2.05, 4.69) is 15.0 Å². The van der Waals surface area contributed by atoms with Gasteiger partial charge in [0.25, 0.3) is 5.91 Å². The predicted molar refractivity (Wildman–Crippen MR) is 72.3 cm³/mol. The zero-order valence-corrected chi connectivity index (χ0v) is 10.6. The summed E-state index contributed by atoms with van der Waals surface area (Å²) in [5, 5.41) is 9.07. The van der Waals surface area contributed by atoms with Gasteiger partial charge in [-0.15, -0.1) is 0 Å². The van der Waals surface area contributed by atoms with Crippen molar-refractivity contribution >= 4 is 11.6 Å². The van der Waals surface area contributed by atoms with Crippen molar-refractivity contribution in [1.82, 2.24) is 9.97 Å². The zero-order chi connectivity index (χ0) is 14.3. The molecule has 0 unspecified atom stereocenters. The first-order valence-corrected chi connectivity index (χ1v) is 5.86. The maximum atomic E-state index is 11.4.